The van der Waals surface area contributed by atoms with Crippen LogP contribution in [0, 0.1) is 0 Å². The quantitative estimate of drug-likeness (QED) is 0.818. The van der Waals surface area contributed by atoms with Gasteiger partial charge in [-0.25, -0.2) is 13.1 Å². The average Bonchev–Trinajstić information content (AvgIpc) is 2.29. The van der Waals surface area contributed by atoms with Gasteiger partial charge in [0.1, 0.15) is 0 Å². The van der Waals surface area contributed by atoms with Crippen molar-refractivity contribution < 1.29 is 13.2 Å². The topological polar surface area (TPSA) is 75.3 Å². The molecule has 94 valence electrons. The zero-order valence-electron chi connectivity index (χ0n) is 8.83. The van der Waals surface area contributed by atoms with E-state index >= 15 is 0 Å². The second-order valence-electron chi connectivity index (χ2n) is 3.07. The maximum atomic E-state index is 11.9. The number of amides is 1. The van der Waals surface area contributed by atoms with E-state index in [2.05, 4.69) is 41.9 Å². The van der Waals surface area contributed by atoms with Gasteiger partial charge in [0.25, 0.3) is 0 Å². The van der Waals surface area contributed by atoms with Crippen molar-refractivity contribution in [2.75, 3.05) is 13.6 Å². The lowest BCUT2D eigenvalue weighted by atomic mass is 10.4. The minimum atomic E-state index is -3.71. The van der Waals surface area contributed by atoms with E-state index in [9.17, 15) is 13.2 Å². The number of nitrogens with one attached hydrogen (secondary N) is 2. The summed E-state index contributed by atoms with van der Waals surface area (Å²) in [6, 6.07) is 4.77. The monoisotopic (exact) mass is 384 g/mol. The van der Waals surface area contributed by atoms with Crippen LogP contribution in [-0.4, -0.2) is 27.9 Å². The number of rotatable bonds is 4. The van der Waals surface area contributed by atoms with Crippen molar-refractivity contribution in [3.8, 4) is 0 Å². The molecular weight excluding hydrogens is 376 g/mol. The molecule has 0 aliphatic rings. The number of hydrogen-bond acceptors (Lipinski definition) is 3. The Morgan fingerprint density at radius 3 is 2.59 bits per heavy atom. The first-order chi connectivity index (χ1) is 7.86. The molecule has 0 aliphatic heterocycles. The highest BCUT2D eigenvalue weighted by molar-refractivity contribution is 9.11. The normalized spacial score (nSPS) is 11.2. The van der Waals surface area contributed by atoms with Gasteiger partial charge < -0.3 is 5.32 Å². The molecule has 0 atom stereocenters. The SMILES string of the molecule is CNC(=O)CNS(=O)(=O)c1cc(Br)ccc1Br. The van der Waals surface area contributed by atoms with Gasteiger partial charge in [0.15, 0.2) is 0 Å². The summed E-state index contributed by atoms with van der Waals surface area (Å²) >= 11 is 6.34. The summed E-state index contributed by atoms with van der Waals surface area (Å²) < 4.78 is 27.0. The summed E-state index contributed by atoms with van der Waals surface area (Å²) in [4.78, 5) is 11.1. The lowest BCUT2D eigenvalue weighted by molar-refractivity contribution is -0.119. The minimum Gasteiger partial charge on any atom is -0.358 e. The molecule has 2 N–H and O–H groups in total. The third kappa shape index (κ3) is 4.06. The maximum Gasteiger partial charge on any atom is 0.242 e. The molecule has 0 fully saturated rings. The van der Waals surface area contributed by atoms with E-state index in [-0.39, 0.29) is 11.4 Å². The van der Waals surface area contributed by atoms with E-state index in [0.29, 0.717) is 8.95 Å². The summed E-state index contributed by atoms with van der Waals surface area (Å²) in [7, 11) is -2.27. The lowest BCUT2D eigenvalue weighted by Crippen LogP contribution is -2.35. The third-order valence-corrected chi connectivity index (χ3v) is 4.77. The summed E-state index contributed by atoms with van der Waals surface area (Å²) in [5.74, 6) is -0.403. The Hall–Kier alpha value is -0.440. The molecule has 0 bridgehead atoms. The number of benzene rings is 1. The van der Waals surface area contributed by atoms with Crippen molar-refractivity contribution in [2.45, 2.75) is 4.90 Å². The van der Waals surface area contributed by atoms with Crippen molar-refractivity contribution >= 4 is 47.8 Å². The zero-order chi connectivity index (χ0) is 13.1. The van der Waals surface area contributed by atoms with Gasteiger partial charge in [-0.1, -0.05) is 15.9 Å². The highest BCUT2D eigenvalue weighted by Crippen LogP contribution is 2.25. The van der Waals surface area contributed by atoms with Crippen LogP contribution in [0.2, 0.25) is 0 Å². The van der Waals surface area contributed by atoms with Crippen molar-refractivity contribution in [3.05, 3.63) is 27.1 Å². The van der Waals surface area contributed by atoms with Crippen LogP contribution in [0.5, 0.6) is 0 Å². The Morgan fingerprint density at radius 2 is 2.00 bits per heavy atom. The number of likely N-dealkylation sites (N-methyl/N-ethyl adjacent to an activating group) is 1. The van der Waals surface area contributed by atoms with Crippen LogP contribution in [0.4, 0.5) is 0 Å². The van der Waals surface area contributed by atoms with E-state index in [1.54, 1.807) is 12.1 Å². The van der Waals surface area contributed by atoms with E-state index in [0.717, 1.165) is 0 Å². The van der Waals surface area contributed by atoms with Crippen LogP contribution in [-0.2, 0) is 14.8 Å². The molecule has 0 saturated carbocycles. The van der Waals surface area contributed by atoms with Crippen LogP contribution < -0.4 is 10.0 Å². The standard InChI is InChI=1S/C9H10Br2N2O3S/c1-12-9(14)5-13-17(15,16)8-4-6(10)2-3-7(8)11/h2-4,13H,5H2,1H3,(H,12,14). The molecular formula is C9H10Br2N2O3S. The fourth-order valence-electron chi connectivity index (χ4n) is 1.01. The largest absolute Gasteiger partial charge is 0.358 e. The number of sulfonamides is 1. The van der Waals surface area contributed by atoms with Crippen LogP contribution in [0.3, 0.4) is 0 Å². The van der Waals surface area contributed by atoms with Crippen LogP contribution in [0.1, 0.15) is 0 Å². The molecule has 8 heteroatoms. The summed E-state index contributed by atoms with van der Waals surface area (Å²) in [6.07, 6.45) is 0. The van der Waals surface area contributed by atoms with Gasteiger partial charge in [0.05, 0.1) is 11.4 Å². The molecule has 1 aromatic carbocycles. The van der Waals surface area contributed by atoms with Gasteiger partial charge in [-0.3, -0.25) is 4.79 Å². The Bertz CT molecular complexity index is 531. The molecule has 0 radical (unpaired) electrons. The zero-order valence-corrected chi connectivity index (χ0v) is 12.8. The predicted octanol–water partition coefficient (Wildman–Crippen LogP) is 1.24. The van der Waals surface area contributed by atoms with Gasteiger partial charge in [-0.15, -0.1) is 0 Å². The molecule has 5 nitrogen and oxygen atoms in total. The first-order valence-corrected chi connectivity index (χ1v) is 7.59. The number of carbonyl (C=O) groups is 1. The second kappa shape index (κ2) is 5.94. The molecule has 0 saturated heterocycles. The van der Waals surface area contributed by atoms with Crippen LogP contribution in [0.25, 0.3) is 0 Å². The fourth-order valence-corrected chi connectivity index (χ4v) is 3.49. The number of hydrogen-bond donors (Lipinski definition) is 2. The molecule has 0 heterocycles. The van der Waals surface area contributed by atoms with Gasteiger partial charge in [-0.2, -0.15) is 0 Å². The highest BCUT2D eigenvalue weighted by Gasteiger charge is 2.18. The highest BCUT2D eigenvalue weighted by atomic mass is 79.9. The van der Waals surface area contributed by atoms with Crippen molar-refractivity contribution in [1.29, 1.82) is 0 Å². The predicted molar refractivity (Wildman–Crippen MR) is 71.1 cm³/mol. The van der Waals surface area contributed by atoms with E-state index in [4.69, 9.17) is 0 Å². The Kier molecular flexibility index (Phi) is 5.11. The number of halogens is 2. The second-order valence-corrected chi connectivity index (χ2v) is 6.58. The molecule has 1 aromatic rings. The summed E-state index contributed by atoms with van der Waals surface area (Å²) in [5, 5.41) is 2.33. The fraction of sp³-hybridized carbons (Fsp3) is 0.222. The van der Waals surface area contributed by atoms with E-state index in [1.165, 1.54) is 13.1 Å². The van der Waals surface area contributed by atoms with Crippen LogP contribution >= 0.6 is 31.9 Å². The van der Waals surface area contributed by atoms with Gasteiger partial charge >= 0.3 is 0 Å². The van der Waals surface area contributed by atoms with Crippen molar-refractivity contribution in [2.24, 2.45) is 0 Å². The van der Waals surface area contributed by atoms with E-state index < -0.39 is 15.9 Å². The van der Waals surface area contributed by atoms with E-state index in [1.807, 2.05) is 0 Å². The molecule has 1 amide bonds. The Balaban J connectivity index is 2.97. The first-order valence-electron chi connectivity index (χ1n) is 4.52. The van der Waals surface area contributed by atoms with Crippen molar-refractivity contribution in [1.82, 2.24) is 10.0 Å². The molecule has 0 aliphatic carbocycles. The van der Waals surface area contributed by atoms with Gasteiger partial charge in [-0.05, 0) is 34.1 Å². The summed E-state index contributed by atoms with van der Waals surface area (Å²) in [6.45, 7) is -0.294. The molecule has 17 heavy (non-hydrogen) atoms. The van der Waals surface area contributed by atoms with Gasteiger partial charge in [0.2, 0.25) is 15.9 Å². The third-order valence-electron chi connectivity index (χ3n) is 1.88. The summed E-state index contributed by atoms with van der Waals surface area (Å²) in [5.41, 5.74) is 0. The Morgan fingerprint density at radius 1 is 1.35 bits per heavy atom. The maximum absolute atomic E-state index is 11.9. The molecule has 1 rings (SSSR count). The van der Waals surface area contributed by atoms with Crippen LogP contribution in [0.15, 0.2) is 32.0 Å². The minimum absolute atomic E-state index is 0.0794. The van der Waals surface area contributed by atoms with Gasteiger partial charge in [0, 0.05) is 16.0 Å². The molecule has 0 unspecified atom stereocenters. The average molecular weight is 386 g/mol. The van der Waals surface area contributed by atoms with Crippen molar-refractivity contribution in [3.63, 3.8) is 0 Å². The lowest BCUT2D eigenvalue weighted by Gasteiger charge is -2.08. The number of carbonyl (C=O) groups excluding carboxylic acids is 1. The smallest absolute Gasteiger partial charge is 0.242 e. The molecule has 0 aromatic heterocycles. The first kappa shape index (κ1) is 14.6. The Labute approximate surface area is 116 Å². The molecule has 0 spiro atoms.